The molecule has 1 heterocycles. The normalized spacial score (nSPS) is 23.0. The number of carbonyl (C=O) groups is 1. The highest BCUT2D eigenvalue weighted by molar-refractivity contribution is 7.99. The van der Waals surface area contributed by atoms with E-state index >= 15 is 0 Å². The Morgan fingerprint density at radius 3 is 3.17 bits per heavy atom. The number of thioether (sulfide) groups is 1. The van der Waals surface area contributed by atoms with Crippen molar-refractivity contribution in [3.63, 3.8) is 0 Å². The fourth-order valence-electron chi connectivity index (χ4n) is 2.10. The Kier molecular flexibility index (Phi) is 4.52. The van der Waals surface area contributed by atoms with Gasteiger partial charge in [-0.1, -0.05) is 0 Å². The molecule has 100 valence electrons. The van der Waals surface area contributed by atoms with Gasteiger partial charge in [0.05, 0.1) is 6.61 Å². The largest absolute Gasteiger partial charge is 0.461 e. The number of nitrogens with zero attached hydrogens (tertiary/aromatic N) is 1. The summed E-state index contributed by atoms with van der Waals surface area (Å²) in [6, 6.07) is 0.793. The van der Waals surface area contributed by atoms with Crippen molar-refractivity contribution in [2.45, 2.75) is 37.5 Å². The average molecular weight is 270 g/mol. The number of oxazole rings is 1. The maximum atomic E-state index is 11.4. The molecule has 0 aromatic carbocycles. The van der Waals surface area contributed by atoms with Crippen molar-refractivity contribution in [3.8, 4) is 0 Å². The van der Waals surface area contributed by atoms with Gasteiger partial charge in [-0.25, -0.2) is 4.79 Å². The van der Waals surface area contributed by atoms with Crippen LogP contribution in [-0.4, -0.2) is 35.1 Å². The van der Waals surface area contributed by atoms with E-state index in [1.807, 2.05) is 11.8 Å². The molecule has 6 heteroatoms. The quantitative estimate of drug-likeness (QED) is 0.829. The minimum Gasteiger partial charge on any atom is -0.461 e. The first-order valence-electron chi connectivity index (χ1n) is 6.15. The number of nitrogens with one attached hydrogen (secondary N) is 1. The zero-order valence-corrected chi connectivity index (χ0v) is 11.5. The number of hydrogen-bond acceptors (Lipinski definition) is 6. The zero-order chi connectivity index (χ0) is 13.0. The van der Waals surface area contributed by atoms with Crippen LogP contribution in [0.1, 0.15) is 36.7 Å². The lowest BCUT2D eigenvalue weighted by Crippen LogP contribution is -2.16. The maximum absolute atomic E-state index is 11.4. The van der Waals surface area contributed by atoms with E-state index in [4.69, 9.17) is 9.15 Å². The molecule has 18 heavy (non-hydrogen) atoms. The average Bonchev–Trinajstić information content (AvgIpc) is 2.99. The predicted octanol–water partition coefficient (Wildman–Crippen LogP) is 2.55. The Morgan fingerprint density at radius 2 is 2.50 bits per heavy atom. The predicted molar refractivity (Wildman–Crippen MR) is 71.0 cm³/mol. The van der Waals surface area contributed by atoms with Crippen LogP contribution in [0.5, 0.6) is 0 Å². The summed E-state index contributed by atoms with van der Waals surface area (Å²) in [7, 11) is 0. The molecule has 1 aliphatic rings. The Hall–Kier alpha value is -1.17. The number of hydrogen-bond donors (Lipinski definition) is 1. The molecular formula is C12H18N2O3S. The molecule has 1 fully saturated rings. The second-order valence-electron chi connectivity index (χ2n) is 4.27. The summed E-state index contributed by atoms with van der Waals surface area (Å²) < 4.78 is 10.1. The van der Waals surface area contributed by atoms with E-state index in [1.165, 1.54) is 12.7 Å². The number of aromatic nitrogens is 1. The summed E-state index contributed by atoms with van der Waals surface area (Å²) in [4.78, 5) is 15.5. The van der Waals surface area contributed by atoms with Crippen molar-refractivity contribution in [1.82, 2.24) is 4.98 Å². The SMILES string of the molecule is CCOC(=O)c1coc(NC2CCC(SC)C2)n1. The first kappa shape index (κ1) is 13.3. The van der Waals surface area contributed by atoms with Crippen LogP contribution < -0.4 is 5.32 Å². The van der Waals surface area contributed by atoms with Gasteiger partial charge in [-0.15, -0.1) is 0 Å². The van der Waals surface area contributed by atoms with Gasteiger partial charge in [0.15, 0.2) is 5.69 Å². The molecule has 1 aromatic rings. The molecule has 0 radical (unpaired) electrons. The van der Waals surface area contributed by atoms with Crippen molar-refractivity contribution < 1.29 is 13.9 Å². The highest BCUT2D eigenvalue weighted by Crippen LogP contribution is 2.30. The van der Waals surface area contributed by atoms with Crippen LogP contribution >= 0.6 is 11.8 Å². The van der Waals surface area contributed by atoms with Gasteiger partial charge < -0.3 is 14.5 Å². The highest BCUT2D eigenvalue weighted by atomic mass is 32.2. The summed E-state index contributed by atoms with van der Waals surface area (Å²) in [6.07, 6.45) is 6.91. The molecule has 0 amide bonds. The Labute approximate surface area is 111 Å². The zero-order valence-electron chi connectivity index (χ0n) is 10.6. The van der Waals surface area contributed by atoms with Crippen molar-refractivity contribution >= 4 is 23.7 Å². The van der Waals surface area contributed by atoms with Crippen LogP contribution in [0.2, 0.25) is 0 Å². The molecule has 5 nitrogen and oxygen atoms in total. The standard InChI is InChI=1S/C12H18N2O3S/c1-3-16-11(15)10-7-17-12(14-10)13-8-4-5-9(6-8)18-2/h7-9H,3-6H2,1-2H3,(H,13,14). The molecule has 0 spiro atoms. The van der Waals surface area contributed by atoms with Gasteiger partial charge in [-0.2, -0.15) is 16.7 Å². The summed E-state index contributed by atoms with van der Waals surface area (Å²) in [5, 5.41) is 3.93. The summed E-state index contributed by atoms with van der Waals surface area (Å²) in [6.45, 7) is 2.10. The van der Waals surface area contributed by atoms with Crippen molar-refractivity contribution in [2.75, 3.05) is 18.2 Å². The van der Waals surface area contributed by atoms with Gasteiger partial charge in [-0.05, 0) is 32.4 Å². The third-order valence-electron chi connectivity index (χ3n) is 3.03. The summed E-state index contributed by atoms with van der Waals surface area (Å²) >= 11 is 1.90. The molecule has 1 aliphatic carbocycles. The monoisotopic (exact) mass is 270 g/mol. The second kappa shape index (κ2) is 6.13. The molecular weight excluding hydrogens is 252 g/mol. The van der Waals surface area contributed by atoms with E-state index < -0.39 is 5.97 Å². The maximum Gasteiger partial charge on any atom is 0.360 e. The molecule has 2 atom stereocenters. The lowest BCUT2D eigenvalue weighted by Gasteiger charge is -2.09. The van der Waals surface area contributed by atoms with Crippen molar-refractivity contribution in [3.05, 3.63) is 12.0 Å². The molecule has 1 aromatic heterocycles. The topological polar surface area (TPSA) is 64.4 Å². The third-order valence-corrected chi connectivity index (χ3v) is 4.13. The lowest BCUT2D eigenvalue weighted by atomic mass is 10.3. The first-order chi connectivity index (χ1) is 8.72. The number of carbonyl (C=O) groups excluding carboxylic acids is 1. The molecule has 1 N–H and O–H groups in total. The minimum absolute atomic E-state index is 0.221. The number of esters is 1. The third kappa shape index (κ3) is 3.19. The molecule has 2 unspecified atom stereocenters. The van der Waals surface area contributed by atoms with Crippen LogP contribution in [0.4, 0.5) is 6.01 Å². The summed E-state index contributed by atoms with van der Waals surface area (Å²) in [5.41, 5.74) is 0.221. The smallest absolute Gasteiger partial charge is 0.360 e. The van der Waals surface area contributed by atoms with Crippen LogP contribution in [0.25, 0.3) is 0 Å². The van der Waals surface area contributed by atoms with E-state index in [0.717, 1.165) is 12.8 Å². The van der Waals surface area contributed by atoms with E-state index in [9.17, 15) is 4.79 Å². The van der Waals surface area contributed by atoms with E-state index in [0.29, 0.717) is 23.9 Å². The van der Waals surface area contributed by atoms with Gasteiger partial charge in [0, 0.05) is 11.3 Å². The van der Waals surface area contributed by atoms with Gasteiger partial charge >= 0.3 is 5.97 Å². The fourth-order valence-corrected chi connectivity index (χ4v) is 2.90. The van der Waals surface area contributed by atoms with Crippen LogP contribution in [0.3, 0.4) is 0 Å². The second-order valence-corrected chi connectivity index (χ2v) is 5.41. The van der Waals surface area contributed by atoms with Crippen LogP contribution in [-0.2, 0) is 4.74 Å². The first-order valence-corrected chi connectivity index (χ1v) is 7.43. The van der Waals surface area contributed by atoms with E-state index in [1.54, 1.807) is 6.92 Å². The van der Waals surface area contributed by atoms with Gasteiger partial charge in [0.1, 0.15) is 6.26 Å². The minimum atomic E-state index is -0.442. The van der Waals surface area contributed by atoms with Gasteiger partial charge in [0.25, 0.3) is 6.01 Å². The molecule has 0 bridgehead atoms. The lowest BCUT2D eigenvalue weighted by molar-refractivity contribution is 0.0519. The van der Waals surface area contributed by atoms with Crippen LogP contribution in [0, 0.1) is 0 Å². The van der Waals surface area contributed by atoms with Crippen LogP contribution in [0.15, 0.2) is 10.7 Å². The number of ether oxygens (including phenoxy) is 1. The Bertz CT molecular complexity index is 408. The molecule has 2 rings (SSSR count). The van der Waals surface area contributed by atoms with Gasteiger partial charge in [-0.3, -0.25) is 0 Å². The highest BCUT2D eigenvalue weighted by Gasteiger charge is 2.25. The van der Waals surface area contributed by atoms with Gasteiger partial charge in [0.2, 0.25) is 0 Å². The fraction of sp³-hybridized carbons (Fsp3) is 0.667. The molecule has 0 saturated heterocycles. The van der Waals surface area contributed by atoms with Crippen molar-refractivity contribution in [1.29, 1.82) is 0 Å². The molecule has 1 saturated carbocycles. The van der Waals surface area contributed by atoms with Crippen molar-refractivity contribution in [2.24, 2.45) is 0 Å². The van der Waals surface area contributed by atoms with E-state index in [-0.39, 0.29) is 5.69 Å². The number of anilines is 1. The Balaban J connectivity index is 1.89. The molecule has 0 aliphatic heterocycles. The Morgan fingerprint density at radius 1 is 1.67 bits per heavy atom. The number of rotatable bonds is 5. The summed E-state index contributed by atoms with van der Waals surface area (Å²) in [5.74, 6) is -0.442. The van der Waals surface area contributed by atoms with E-state index in [2.05, 4.69) is 16.6 Å².